The largest absolute Gasteiger partial charge is 0.291 e. The molecule has 3 aromatic rings. The summed E-state index contributed by atoms with van der Waals surface area (Å²) in [4.78, 5) is 13.0. The predicted octanol–water partition coefficient (Wildman–Crippen LogP) is 4.94. The highest BCUT2D eigenvalue weighted by atomic mass is 79.9. The van der Waals surface area contributed by atoms with Gasteiger partial charge >= 0.3 is 0 Å². The molecule has 0 aliphatic heterocycles. The van der Waals surface area contributed by atoms with Gasteiger partial charge < -0.3 is 0 Å². The first-order valence-electron chi connectivity index (χ1n) is 7.18. The first-order chi connectivity index (χ1) is 12.1. The standard InChI is InChI=1S/C17H12BrClN4OS/c18-12(8-11-4-2-1-3-5-11)10-20-23-17(24)14-9-13(21-22-14)15-6-7-16(19)25-15/h1-10H,(H,21,22)(H,23,24)/b12-8-,20-10+. The topological polar surface area (TPSA) is 70.1 Å². The van der Waals surface area contributed by atoms with E-state index in [1.807, 2.05) is 42.5 Å². The number of carbonyl (C=O) groups is 1. The molecule has 0 spiro atoms. The maximum atomic E-state index is 12.1. The summed E-state index contributed by atoms with van der Waals surface area (Å²) >= 11 is 10.7. The quantitative estimate of drug-likeness (QED) is 0.440. The molecular weight excluding hydrogens is 424 g/mol. The van der Waals surface area contributed by atoms with Gasteiger partial charge in [-0.2, -0.15) is 10.2 Å². The summed E-state index contributed by atoms with van der Waals surface area (Å²) in [6.07, 6.45) is 3.40. The number of allylic oxidation sites excluding steroid dienone is 1. The number of hydrogen-bond acceptors (Lipinski definition) is 4. The summed E-state index contributed by atoms with van der Waals surface area (Å²) in [6.45, 7) is 0. The summed E-state index contributed by atoms with van der Waals surface area (Å²) in [6, 6.07) is 15.1. The minimum atomic E-state index is -0.401. The van der Waals surface area contributed by atoms with E-state index in [0.717, 1.165) is 20.6 Å². The van der Waals surface area contributed by atoms with Crippen molar-refractivity contribution in [1.82, 2.24) is 15.6 Å². The average molecular weight is 436 g/mol. The highest BCUT2D eigenvalue weighted by molar-refractivity contribution is 9.12. The molecule has 8 heteroatoms. The van der Waals surface area contributed by atoms with E-state index >= 15 is 0 Å². The van der Waals surface area contributed by atoms with E-state index in [1.165, 1.54) is 17.6 Å². The van der Waals surface area contributed by atoms with Crippen molar-refractivity contribution >= 4 is 57.1 Å². The molecule has 0 fully saturated rings. The Balaban J connectivity index is 1.61. The first kappa shape index (κ1) is 17.6. The van der Waals surface area contributed by atoms with Crippen LogP contribution in [0.15, 0.2) is 58.1 Å². The van der Waals surface area contributed by atoms with Gasteiger partial charge in [-0.05, 0) is 45.8 Å². The first-order valence-corrected chi connectivity index (χ1v) is 9.17. The minimum Gasteiger partial charge on any atom is -0.276 e. The molecule has 1 aromatic carbocycles. The van der Waals surface area contributed by atoms with Crippen LogP contribution in [0, 0.1) is 0 Å². The van der Waals surface area contributed by atoms with E-state index in [1.54, 1.807) is 12.1 Å². The number of nitrogens with zero attached hydrogens (tertiary/aromatic N) is 2. The fraction of sp³-hybridized carbons (Fsp3) is 0. The Morgan fingerprint density at radius 2 is 2.08 bits per heavy atom. The third-order valence-electron chi connectivity index (χ3n) is 3.11. The van der Waals surface area contributed by atoms with Gasteiger partial charge in [0, 0.05) is 4.48 Å². The van der Waals surface area contributed by atoms with E-state index in [-0.39, 0.29) is 5.69 Å². The summed E-state index contributed by atoms with van der Waals surface area (Å²) in [5, 5.41) is 10.7. The summed E-state index contributed by atoms with van der Waals surface area (Å²) in [7, 11) is 0. The number of aromatic amines is 1. The van der Waals surface area contributed by atoms with Crippen molar-refractivity contribution in [2.75, 3.05) is 0 Å². The van der Waals surface area contributed by atoms with Crippen LogP contribution in [-0.2, 0) is 0 Å². The zero-order valence-corrected chi connectivity index (χ0v) is 15.9. The summed E-state index contributed by atoms with van der Waals surface area (Å²) in [5.74, 6) is -0.401. The van der Waals surface area contributed by atoms with Crippen LogP contribution in [0.3, 0.4) is 0 Å². The second-order valence-corrected chi connectivity index (χ2v) is 7.54. The van der Waals surface area contributed by atoms with Gasteiger partial charge in [0.25, 0.3) is 5.91 Å². The predicted molar refractivity (Wildman–Crippen MR) is 106 cm³/mol. The summed E-state index contributed by atoms with van der Waals surface area (Å²) in [5.41, 5.74) is 4.45. The fourth-order valence-corrected chi connectivity index (χ4v) is 3.35. The number of amides is 1. The molecule has 5 nitrogen and oxygen atoms in total. The molecule has 25 heavy (non-hydrogen) atoms. The number of nitrogens with one attached hydrogen (secondary N) is 2. The highest BCUT2D eigenvalue weighted by Gasteiger charge is 2.11. The molecule has 0 atom stereocenters. The van der Waals surface area contributed by atoms with Gasteiger partial charge in [-0.3, -0.25) is 9.89 Å². The van der Waals surface area contributed by atoms with Crippen molar-refractivity contribution in [1.29, 1.82) is 0 Å². The molecule has 0 saturated carbocycles. The number of aromatic nitrogens is 2. The zero-order chi connectivity index (χ0) is 17.6. The van der Waals surface area contributed by atoms with Gasteiger partial charge in [-0.1, -0.05) is 41.9 Å². The Labute approximate surface area is 161 Å². The van der Waals surface area contributed by atoms with E-state index in [9.17, 15) is 4.79 Å². The molecule has 0 radical (unpaired) electrons. The lowest BCUT2D eigenvalue weighted by atomic mass is 10.2. The molecule has 0 aliphatic carbocycles. The van der Waals surface area contributed by atoms with Crippen molar-refractivity contribution in [3.05, 3.63) is 68.6 Å². The number of thiophene rings is 1. The van der Waals surface area contributed by atoms with Crippen LogP contribution in [-0.4, -0.2) is 22.3 Å². The number of benzene rings is 1. The van der Waals surface area contributed by atoms with E-state index in [4.69, 9.17) is 11.6 Å². The number of H-pyrrole nitrogens is 1. The number of halogens is 2. The van der Waals surface area contributed by atoms with Crippen molar-refractivity contribution in [3.8, 4) is 10.6 Å². The SMILES string of the molecule is O=C(N/N=C/C(Br)=C/c1ccccc1)c1cc(-c2ccc(Cl)s2)[nH]n1. The van der Waals surface area contributed by atoms with Crippen LogP contribution < -0.4 is 5.43 Å². The molecule has 0 bridgehead atoms. The molecule has 3 rings (SSSR count). The molecule has 0 saturated heterocycles. The van der Waals surface area contributed by atoms with Gasteiger partial charge in [0.2, 0.25) is 0 Å². The third kappa shape index (κ3) is 4.88. The lowest BCUT2D eigenvalue weighted by molar-refractivity contribution is 0.0950. The molecule has 2 N–H and O–H groups in total. The number of carbonyl (C=O) groups excluding carboxylic acids is 1. The van der Waals surface area contributed by atoms with E-state index in [0.29, 0.717) is 4.34 Å². The van der Waals surface area contributed by atoms with Crippen molar-refractivity contribution in [2.45, 2.75) is 0 Å². The molecule has 2 heterocycles. The lowest BCUT2D eigenvalue weighted by Gasteiger charge is -1.95. The van der Waals surface area contributed by atoms with Gasteiger partial charge in [0.1, 0.15) is 0 Å². The van der Waals surface area contributed by atoms with E-state index < -0.39 is 5.91 Å². The number of hydrogen-bond donors (Lipinski definition) is 2. The highest BCUT2D eigenvalue weighted by Crippen LogP contribution is 2.29. The van der Waals surface area contributed by atoms with Crippen molar-refractivity contribution in [3.63, 3.8) is 0 Å². The Morgan fingerprint density at radius 3 is 2.80 bits per heavy atom. The minimum absolute atomic E-state index is 0.250. The van der Waals surface area contributed by atoms with Crippen LogP contribution in [0.2, 0.25) is 4.34 Å². The average Bonchev–Trinajstić information content (AvgIpc) is 3.24. The molecule has 1 amide bonds. The monoisotopic (exact) mass is 434 g/mol. The Morgan fingerprint density at radius 1 is 1.28 bits per heavy atom. The second kappa shape index (κ2) is 8.24. The second-order valence-electron chi connectivity index (χ2n) is 4.91. The Bertz CT molecular complexity index is 933. The van der Waals surface area contributed by atoms with Crippen molar-refractivity contribution < 1.29 is 4.79 Å². The van der Waals surface area contributed by atoms with Crippen LogP contribution in [0.25, 0.3) is 16.6 Å². The molecule has 0 aliphatic rings. The maximum absolute atomic E-state index is 12.1. The Hall–Kier alpha value is -2.22. The van der Waals surface area contributed by atoms with E-state index in [2.05, 4.69) is 36.7 Å². The lowest BCUT2D eigenvalue weighted by Crippen LogP contribution is -2.17. The maximum Gasteiger partial charge on any atom is 0.291 e. The molecular formula is C17H12BrClN4OS. The van der Waals surface area contributed by atoms with Gasteiger partial charge in [-0.25, -0.2) is 5.43 Å². The molecule has 2 aromatic heterocycles. The smallest absolute Gasteiger partial charge is 0.276 e. The van der Waals surface area contributed by atoms with Gasteiger partial charge in [-0.15, -0.1) is 11.3 Å². The van der Waals surface area contributed by atoms with Crippen LogP contribution in [0.4, 0.5) is 0 Å². The molecule has 126 valence electrons. The van der Waals surface area contributed by atoms with Crippen molar-refractivity contribution in [2.24, 2.45) is 5.10 Å². The van der Waals surface area contributed by atoms with Gasteiger partial charge in [0.05, 0.1) is 21.1 Å². The number of rotatable bonds is 5. The van der Waals surface area contributed by atoms with Gasteiger partial charge in [0.15, 0.2) is 5.69 Å². The zero-order valence-electron chi connectivity index (χ0n) is 12.7. The van der Waals surface area contributed by atoms with Crippen LogP contribution in [0.5, 0.6) is 0 Å². The molecule has 0 unspecified atom stereocenters. The Kier molecular flexibility index (Phi) is 5.80. The summed E-state index contributed by atoms with van der Waals surface area (Å²) < 4.78 is 1.41. The normalized spacial score (nSPS) is 11.8. The van der Waals surface area contributed by atoms with Crippen LogP contribution >= 0.6 is 38.9 Å². The third-order valence-corrected chi connectivity index (χ3v) is 4.81. The van der Waals surface area contributed by atoms with Crippen LogP contribution in [0.1, 0.15) is 16.1 Å². The number of hydrazone groups is 1. The fourth-order valence-electron chi connectivity index (χ4n) is 1.98.